The Bertz CT molecular complexity index is 601. The van der Waals surface area contributed by atoms with Crippen molar-refractivity contribution in [2.75, 3.05) is 5.32 Å². The van der Waals surface area contributed by atoms with E-state index >= 15 is 0 Å². The van der Waals surface area contributed by atoms with Crippen LogP contribution in [0.2, 0.25) is 5.02 Å². The van der Waals surface area contributed by atoms with Crippen LogP contribution >= 0.6 is 34.2 Å². The van der Waals surface area contributed by atoms with E-state index in [1.807, 2.05) is 12.1 Å². The van der Waals surface area contributed by atoms with Gasteiger partial charge in [0.25, 0.3) is 5.91 Å². The molecular formula is C13H10ClIN2O. The summed E-state index contributed by atoms with van der Waals surface area (Å²) in [6.07, 6.45) is 1.66. The van der Waals surface area contributed by atoms with E-state index in [-0.39, 0.29) is 5.91 Å². The van der Waals surface area contributed by atoms with Gasteiger partial charge in [0.05, 0.1) is 16.3 Å². The van der Waals surface area contributed by atoms with Gasteiger partial charge in [-0.3, -0.25) is 9.78 Å². The first kappa shape index (κ1) is 13.3. The third-order valence-corrected chi connectivity index (χ3v) is 3.43. The molecule has 0 radical (unpaired) electrons. The van der Waals surface area contributed by atoms with Gasteiger partial charge in [-0.25, -0.2) is 0 Å². The Morgan fingerprint density at radius 3 is 2.89 bits per heavy atom. The maximum atomic E-state index is 12.1. The first-order chi connectivity index (χ1) is 8.58. The van der Waals surface area contributed by atoms with Crippen LogP contribution in [0.15, 0.2) is 36.5 Å². The number of anilines is 1. The van der Waals surface area contributed by atoms with Gasteiger partial charge in [0.15, 0.2) is 0 Å². The van der Waals surface area contributed by atoms with E-state index in [1.165, 1.54) is 0 Å². The van der Waals surface area contributed by atoms with Crippen LogP contribution in [0.4, 0.5) is 5.69 Å². The molecule has 0 aliphatic carbocycles. The maximum absolute atomic E-state index is 12.1. The van der Waals surface area contributed by atoms with E-state index in [9.17, 15) is 4.79 Å². The molecule has 1 amide bonds. The van der Waals surface area contributed by atoms with Crippen molar-refractivity contribution in [2.24, 2.45) is 0 Å². The molecule has 0 fully saturated rings. The second kappa shape index (κ2) is 5.67. The minimum absolute atomic E-state index is 0.204. The number of nitrogens with zero attached hydrogens (tertiary/aromatic N) is 1. The summed E-state index contributed by atoms with van der Waals surface area (Å²) in [5, 5.41) is 3.31. The summed E-state index contributed by atoms with van der Waals surface area (Å²) in [5.41, 5.74) is 1.85. The molecule has 0 aliphatic heterocycles. The molecule has 0 saturated carbocycles. The zero-order valence-corrected chi connectivity index (χ0v) is 12.5. The smallest absolute Gasteiger partial charge is 0.257 e. The summed E-state index contributed by atoms with van der Waals surface area (Å²) >= 11 is 8.20. The molecule has 3 nitrogen and oxygen atoms in total. The number of nitrogens with one attached hydrogen (secondary N) is 1. The average molecular weight is 373 g/mol. The Morgan fingerprint density at radius 1 is 1.39 bits per heavy atom. The van der Waals surface area contributed by atoms with Gasteiger partial charge in [0.1, 0.15) is 0 Å². The van der Waals surface area contributed by atoms with Gasteiger partial charge in [-0.05, 0) is 59.8 Å². The van der Waals surface area contributed by atoms with Gasteiger partial charge >= 0.3 is 0 Å². The Balaban J connectivity index is 2.27. The van der Waals surface area contributed by atoms with Crippen molar-refractivity contribution >= 4 is 45.8 Å². The van der Waals surface area contributed by atoms with Crippen LogP contribution in [-0.2, 0) is 0 Å². The lowest BCUT2D eigenvalue weighted by Crippen LogP contribution is -2.14. The van der Waals surface area contributed by atoms with Crippen molar-refractivity contribution < 1.29 is 4.79 Å². The summed E-state index contributed by atoms with van der Waals surface area (Å²) in [7, 11) is 0. The largest absolute Gasteiger partial charge is 0.321 e. The highest BCUT2D eigenvalue weighted by Gasteiger charge is 2.11. The van der Waals surface area contributed by atoms with Crippen LogP contribution in [0.1, 0.15) is 16.1 Å². The number of aryl methyl sites for hydroxylation is 1. The molecule has 2 aromatic rings. The highest BCUT2D eigenvalue weighted by molar-refractivity contribution is 14.1. The molecule has 92 valence electrons. The zero-order valence-electron chi connectivity index (χ0n) is 9.58. The van der Waals surface area contributed by atoms with Crippen LogP contribution < -0.4 is 5.32 Å². The van der Waals surface area contributed by atoms with E-state index in [2.05, 4.69) is 32.9 Å². The molecule has 0 unspecified atom stereocenters. The van der Waals surface area contributed by atoms with Crippen LogP contribution in [-0.4, -0.2) is 10.9 Å². The van der Waals surface area contributed by atoms with E-state index in [1.54, 1.807) is 31.3 Å². The van der Waals surface area contributed by atoms with Crippen LogP contribution in [0.25, 0.3) is 0 Å². The van der Waals surface area contributed by atoms with Gasteiger partial charge in [0, 0.05) is 15.5 Å². The zero-order chi connectivity index (χ0) is 13.1. The average Bonchev–Trinajstić information content (AvgIpc) is 2.34. The molecule has 0 aliphatic rings. The second-order valence-electron chi connectivity index (χ2n) is 3.71. The van der Waals surface area contributed by atoms with Crippen molar-refractivity contribution in [3.8, 4) is 0 Å². The number of benzene rings is 1. The molecule has 0 bridgehead atoms. The number of hydrogen-bond donors (Lipinski definition) is 1. The van der Waals surface area contributed by atoms with Crippen molar-refractivity contribution in [1.29, 1.82) is 0 Å². The summed E-state index contributed by atoms with van der Waals surface area (Å²) in [5.74, 6) is -0.204. The van der Waals surface area contributed by atoms with Gasteiger partial charge in [-0.2, -0.15) is 0 Å². The number of hydrogen-bond acceptors (Lipinski definition) is 2. The van der Waals surface area contributed by atoms with Crippen molar-refractivity contribution in [3.05, 3.63) is 56.4 Å². The second-order valence-corrected chi connectivity index (χ2v) is 5.37. The van der Waals surface area contributed by atoms with Gasteiger partial charge in [0.2, 0.25) is 0 Å². The first-order valence-corrected chi connectivity index (χ1v) is 6.71. The number of pyridine rings is 1. The lowest BCUT2D eigenvalue weighted by molar-refractivity contribution is 0.102. The molecule has 1 aromatic heterocycles. The maximum Gasteiger partial charge on any atom is 0.257 e. The third kappa shape index (κ3) is 3.00. The van der Waals surface area contributed by atoms with E-state index in [0.29, 0.717) is 22.0 Å². The van der Waals surface area contributed by atoms with E-state index in [4.69, 9.17) is 11.6 Å². The lowest BCUT2D eigenvalue weighted by atomic mass is 10.2. The van der Waals surface area contributed by atoms with Crippen LogP contribution in [0, 0.1) is 10.5 Å². The van der Waals surface area contributed by atoms with E-state index in [0.717, 1.165) is 3.57 Å². The monoisotopic (exact) mass is 372 g/mol. The van der Waals surface area contributed by atoms with E-state index < -0.39 is 0 Å². The summed E-state index contributed by atoms with van der Waals surface area (Å²) < 4.78 is 1.01. The Kier molecular flexibility index (Phi) is 4.19. The topological polar surface area (TPSA) is 42.0 Å². The fourth-order valence-electron chi connectivity index (χ4n) is 1.51. The minimum atomic E-state index is -0.204. The van der Waals surface area contributed by atoms with Crippen LogP contribution in [0.3, 0.4) is 0 Å². The molecule has 2 rings (SSSR count). The summed E-state index contributed by atoms with van der Waals surface area (Å²) in [6.45, 7) is 1.80. The minimum Gasteiger partial charge on any atom is -0.321 e. The molecule has 0 spiro atoms. The molecule has 18 heavy (non-hydrogen) atoms. The highest BCUT2D eigenvalue weighted by atomic mass is 127. The first-order valence-electron chi connectivity index (χ1n) is 5.26. The third-order valence-electron chi connectivity index (χ3n) is 2.43. The lowest BCUT2D eigenvalue weighted by Gasteiger charge is -2.08. The van der Waals surface area contributed by atoms with Gasteiger partial charge in [-0.15, -0.1) is 0 Å². The Labute approximate surface area is 124 Å². The summed E-state index contributed by atoms with van der Waals surface area (Å²) in [4.78, 5) is 16.2. The molecular weight excluding hydrogens is 363 g/mol. The number of amides is 1. The highest BCUT2D eigenvalue weighted by Crippen LogP contribution is 2.24. The van der Waals surface area contributed by atoms with Crippen molar-refractivity contribution in [2.45, 2.75) is 6.92 Å². The number of aromatic nitrogens is 1. The molecule has 5 heteroatoms. The molecule has 1 aromatic carbocycles. The van der Waals surface area contributed by atoms with Gasteiger partial charge in [-0.1, -0.05) is 11.6 Å². The quantitative estimate of drug-likeness (QED) is 0.813. The fourth-order valence-corrected chi connectivity index (χ4v) is 2.16. The molecule has 0 atom stereocenters. The fraction of sp³-hybridized carbons (Fsp3) is 0.0769. The molecule has 1 N–H and O–H groups in total. The number of halogens is 2. The number of carbonyl (C=O) groups excluding carboxylic acids is 1. The molecule has 0 saturated heterocycles. The summed E-state index contributed by atoms with van der Waals surface area (Å²) in [6, 6.07) is 8.94. The Hall–Kier alpha value is -1.14. The Morgan fingerprint density at radius 2 is 2.17 bits per heavy atom. The van der Waals surface area contributed by atoms with Gasteiger partial charge < -0.3 is 5.32 Å². The normalized spacial score (nSPS) is 10.2. The van der Waals surface area contributed by atoms with Crippen molar-refractivity contribution in [1.82, 2.24) is 4.98 Å². The predicted molar refractivity (Wildman–Crippen MR) is 81.1 cm³/mol. The van der Waals surface area contributed by atoms with Crippen LogP contribution in [0.5, 0.6) is 0 Å². The predicted octanol–water partition coefficient (Wildman–Crippen LogP) is 3.90. The standard InChI is InChI=1S/C13H10ClIN2O/c1-8-10(3-2-6-16-8)13(18)17-12-7-9(15)4-5-11(12)14/h2-7H,1H3,(H,17,18). The van der Waals surface area contributed by atoms with Crippen molar-refractivity contribution in [3.63, 3.8) is 0 Å². The SMILES string of the molecule is Cc1ncccc1C(=O)Nc1cc(I)ccc1Cl. The molecule has 1 heterocycles. The number of carbonyl (C=O) groups is 1. The number of rotatable bonds is 2.